The molecule has 0 saturated heterocycles. The molecule has 5 nitrogen and oxygen atoms in total. The van der Waals surface area contributed by atoms with Crippen LogP contribution >= 0.6 is 11.5 Å². The number of anilines is 1. The molecule has 0 bridgehead atoms. The Labute approximate surface area is 105 Å². The van der Waals surface area contributed by atoms with Gasteiger partial charge in [0, 0.05) is 30.2 Å². The van der Waals surface area contributed by atoms with Crippen LogP contribution in [0.3, 0.4) is 0 Å². The first-order valence-electron chi connectivity index (χ1n) is 5.85. The Hall–Kier alpha value is -1.43. The number of hydrogen-bond acceptors (Lipinski definition) is 5. The molecule has 0 spiro atoms. The maximum atomic E-state index is 4.36. The average Bonchev–Trinajstić information content (AvgIpc) is 2.94. The van der Waals surface area contributed by atoms with Crippen molar-refractivity contribution in [3.8, 4) is 0 Å². The highest BCUT2D eigenvalue weighted by molar-refractivity contribution is 7.09. The molecule has 0 unspecified atom stereocenters. The third-order valence-electron chi connectivity index (χ3n) is 2.62. The van der Waals surface area contributed by atoms with Crippen LogP contribution in [0.15, 0.2) is 6.20 Å². The van der Waals surface area contributed by atoms with E-state index in [0.29, 0.717) is 0 Å². The fourth-order valence-corrected chi connectivity index (χ4v) is 2.25. The molecule has 0 aliphatic heterocycles. The summed E-state index contributed by atoms with van der Waals surface area (Å²) in [4.78, 5) is 4.36. The highest BCUT2D eigenvalue weighted by atomic mass is 32.1. The highest BCUT2D eigenvalue weighted by Gasteiger charge is 2.02. The minimum Gasteiger partial charge on any atom is -0.360 e. The number of H-pyrrole nitrogens is 1. The predicted molar refractivity (Wildman–Crippen MR) is 69.4 cm³/mol. The first-order chi connectivity index (χ1) is 8.29. The molecule has 0 radical (unpaired) electrons. The number of rotatable bonds is 6. The lowest BCUT2D eigenvalue weighted by molar-refractivity contribution is 0.854. The lowest BCUT2D eigenvalue weighted by Gasteiger charge is -2.01. The lowest BCUT2D eigenvalue weighted by Crippen LogP contribution is -2.03. The Balaban J connectivity index is 1.71. The van der Waals surface area contributed by atoms with E-state index >= 15 is 0 Å². The van der Waals surface area contributed by atoms with Crippen molar-refractivity contribution in [1.29, 1.82) is 0 Å². The standard InChI is InChI=1S/C11H17N5S/c1-3-10-14-11(17-16-10)12-6-4-5-9-7-13-15-8(9)2/h7H,3-6H2,1-2H3,(H,13,15)(H,12,14,16). The van der Waals surface area contributed by atoms with Gasteiger partial charge in [0.15, 0.2) is 0 Å². The van der Waals surface area contributed by atoms with Crippen LogP contribution in [0.4, 0.5) is 5.13 Å². The van der Waals surface area contributed by atoms with Gasteiger partial charge in [-0.15, -0.1) is 0 Å². The molecular weight excluding hydrogens is 234 g/mol. The molecule has 0 fully saturated rings. The number of hydrogen-bond donors (Lipinski definition) is 2. The molecule has 92 valence electrons. The van der Waals surface area contributed by atoms with Crippen LogP contribution in [0.1, 0.15) is 30.4 Å². The predicted octanol–water partition coefficient (Wildman–Crippen LogP) is 2.18. The summed E-state index contributed by atoms with van der Waals surface area (Å²) in [7, 11) is 0. The first-order valence-corrected chi connectivity index (χ1v) is 6.62. The van der Waals surface area contributed by atoms with E-state index in [2.05, 4.69) is 31.8 Å². The van der Waals surface area contributed by atoms with E-state index in [-0.39, 0.29) is 0 Å². The molecule has 2 rings (SSSR count). The number of aromatic amines is 1. The van der Waals surface area contributed by atoms with Gasteiger partial charge in [0.1, 0.15) is 5.82 Å². The fourth-order valence-electron chi connectivity index (χ4n) is 1.57. The maximum absolute atomic E-state index is 4.36. The van der Waals surface area contributed by atoms with Crippen molar-refractivity contribution < 1.29 is 0 Å². The van der Waals surface area contributed by atoms with Gasteiger partial charge in [0.2, 0.25) is 5.13 Å². The molecule has 0 aliphatic carbocycles. The first kappa shape index (κ1) is 12.0. The van der Waals surface area contributed by atoms with Gasteiger partial charge in [0.25, 0.3) is 0 Å². The monoisotopic (exact) mass is 251 g/mol. The molecule has 2 aromatic heterocycles. The number of nitrogens with one attached hydrogen (secondary N) is 2. The summed E-state index contributed by atoms with van der Waals surface area (Å²) in [5, 5.41) is 11.2. The van der Waals surface area contributed by atoms with Crippen LogP contribution in [0.25, 0.3) is 0 Å². The van der Waals surface area contributed by atoms with Crippen molar-refractivity contribution in [2.45, 2.75) is 33.1 Å². The molecule has 17 heavy (non-hydrogen) atoms. The topological polar surface area (TPSA) is 66.5 Å². The second kappa shape index (κ2) is 5.77. The van der Waals surface area contributed by atoms with E-state index < -0.39 is 0 Å². The second-order valence-corrected chi connectivity index (χ2v) is 4.67. The Morgan fingerprint density at radius 1 is 1.47 bits per heavy atom. The summed E-state index contributed by atoms with van der Waals surface area (Å²) in [6.45, 7) is 5.03. The molecule has 2 heterocycles. The van der Waals surface area contributed by atoms with Crippen LogP contribution in [0.5, 0.6) is 0 Å². The lowest BCUT2D eigenvalue weighted by atomic mass is 10.1. The zero-order valence-electron chi connectivity index (χ0n) is 10.2. The SMILES string of the molecule is CCc1nsc(NCCCc2cn[nH]c2C)n1. The molecule has 0 aliphatic rings. The minimum atomic E-state index is 0.895. The molecular formula is C11H17N5S. The fraction of sp³-hybridized carbons (Fsp3) is 0.545. The third kappa shape index (κ3) is 3.26. The van der Waals surface area contributed by atoms with Gasteiger partial charge in [0.05, 0.1) is 6.20 Å². The van der Waals surface area contributed by atoms with Crippen LogP contribution in [0, 0.1) is 6.92 Å². The summed E-state index contributed by atoms with van der Waals surface area (Å²) in [5.41, 5.74) is 2.45. The zero-order valence-corrected chi connectivity index (χ0v) is 11.0. The second-order valence-electron chi connectivity index (χ2n) is 3.92. The van der Waals surface area contributed by atoms with E-state index in [1.54, 1.807) is 0 Å². The van der Waals surface area contributed by atoms with Gasteiger partial charge in [-0.1, -0.05) is 6.92 Å². The Bertz CT molecular complexity index is 462. The van der Waals surface area contributed by atoms with Crippen LogP contribution in [-0.4, -0.2) is 26.1 Å². The van der Waals surface area contributed by atoms with Crippen molar-refractivity contribution in [3.63, 3.8) is 0 Å². The van der Waals surface area contributed by atoms with Crippen molar-refractivity contribution in [2.75, 3.05) is 11.9 Å². The van der Waals surface area contributed by atoms with E-state index in [9.17, 15) is 0 Å². The summed E-state index contributed by atoms with van der Waals surface area (Å²) >= 11 is 1.43. The van der Waals surface area contributed by atoms with Gasteiger partial charge in [-0.3, -0.25) is 5.10 Å². The molecule has 0 saturated carbocycles. The third-order valence-corrected chi connectivity index (χ3v) is 3.33. The Morgan fingerprint density at radius 2 is 2.35 bits per heavy atom. The summed E-state index contributed by atoms with van der Waals surface area (Å²) in [6, 6.07) is 0. The van der Waals surface area contributed by atoms with E-state index in [0.717, 1.165) is 42.5 Å². The van der Waals surface area contributed by atoms with Crippen molar-refractivity contribution in [3.05, 3.63) is 23.3 Å². The number of aryl methyl sites for hydroxylation is 3. The maximum Gasteiger partial charge on any atom is 0.202 e. The number of aromatic nitrogens is 4. The van der Waals surface area contributed by atoms with Crippen LogP contribution in [0.2, 0.25) is 0 Å². The minimum absolute atomic E-state index is 0.895. The van der Waals surface area contributed by atoms with Gasteiger partial charge in [-0.05, 0) is 25.3 Å². The summed E-state index contributed by atoms with van der Waals surface area (Å²) < 4.78 is 4.23. The molecule has 6 heteroatoms. The average molecular weight is 251 g/mol. The highest BCUT2D eigenvalue weighted by Crippen LogP contribution is 2.12. The number of nitrogens with zero attached hydrogens (tertiary/aromatic N) is 3. The van der Waals surface area contributed by atoms with Gasteiger partial charge in [-0.2, -0.15) is 9.47 Å². The van der Waals surface area contributed by atoms with Gasteiger partial charge < -0.3 is 5.32 Å². The quantitative estimate of drug-likeness (QED) is 0.772. The smallest absolute Gasteiger partial charge is 0.202 e. The Kier molecular flexibility index (Phi) is 4.08. The van der Waals surface area contributed by atoms with Crippen LogP contribution in [-0.2, 0) is 12.8 Å². The largest absolute Gasteiger partial charge is 0.360 e. The molecule has 2 aromatic rings. The van der Waals surface area contributed by atoms with E-state index in [4.69, 9.17) is 0 Å². The molecule has 0 atom stereocenters. The van der Waals surface area contributed by atoms with E-state index in [1.807, 2.05) is 13.1 Å². The zero-order chi connectivity index (χ0) is 12.1. The Morgan fingerprint density at radius 3 is 3.00 bits per heavy atom. The summed E-state index contributed by atoms with van der Waals surface area (Å²) in [5.74, 6) is 0.920. The van der Waals surface area contributed by atoms with Crippen molar-refractivity contribution in [2.24, 2.45) is 0 Å². The van der Waals surface area contributed by atoms with Crippen LogP contribution < -0.4 is 5.32 Å². The molecule has 2 N–H and O–H groups in total. The van der Waals surface area contributed by atoms with Gasteiger partial charge >= 0.3 is 0 Å². The van der Waals surface area contributed by atoms with Crippen molar-refractivity contribution in [1.82, 2.24) is 19.6 Å². The summed E-state index contributed by atoms with van der Waals surface area (Å²) in [6.07, 6.45) is 4.90. The van der Waals surface area contributed by atoms with E-state index in [1.165, 1.54) is 17.1 Å². The van der Waals surface area contributed by atoms with Gasteiger partial charge in [-0.25, -0.2) is 4.98 Å². The van der Waals surface area contributed by atoms with Crippen molar-refractivity contribution >= 4 is 16.7 Å². The normalized spacial score (nSPS) is 10.7. The molecule has 0 aromatic carbocycles. The molecule has 0 amide bonds.